The molecule has 0 atom stereocenters. The Hall–Kier alpha value is -5.23. The molecule has 0 saturated carbocycles. The van der Waals surface area contributed by atoms with E-state index < -0.39 is 9.84 Å². The summed E-state index contributed by atoms with van der Waals surface area (Å²) in [6.45, 7) is 5.02. The number of nitrogen functional groups attached to an aromatic ring is 4. The largest absolute Gasteiger partial charge is 0.492 e. The van der Waals surface area contributed by atoms with Crippen LogP contribution in [0.2, 0.25) is 0 Å². The van der Waals surface area contributed by atoms with Crippen molar-refractivity contribution >= 4 is 33.0 Å². The van der Waals surface area contributed by atoms with Crippen LogP contribution >= 0.6 is 0 Å². The van der Waals surface area contributed by atoms with E-state index in [0.717, 1.165) is 28.3 Å². The van der Waals surface area contributed by atoms with Crippen LogP contribution in [-0.2, 0) is 16.3 Å². The average Bonchev–Trinajstić information content (AvgIpc) is 3.50. The van der Waals surface area contributed by atoms with Gasteiger partial charge in [-0.25, -0.2) is 13.4 Å². The van der Waals surface area contributed by atoms with E-state index in [9.17, 15) is 8.42 Å². The Labute approximate surface area is 251 Å². The molecular formula is C31H35N7O4S. The molecule has 0 amide bonds. The Morgan fingerprint density at radius 3 is 1.70 bits per heavy atom. The number of nitrogens with zero attached hydrogens (tertiary/aromatic N) is 3. The van der Waals surface area contributed by atoms with E-state index in [-0.39, 0.29) is 15.7 Å². The Bertz CT molecular complexity index is 1680. The van der Waals surface area contributed by atoms with Gasteiger partial charge in [0, 0.05) is 41.9 Å². The first-order valence-electron chi connectivity index (χ1n) is 13.5. The minimum absolute atomic E-state index is 0.166. The molecule has 0 fully saturated rings. The zero-order valence-electron chi connectivity index (χ0n) is 24.0. The molecule has 5 rings (SSSR count). The molecule has 224 valence electrons. The molecule has 2 heterocycles. The van der Waals surface area contributed by atoms with Gasteiger partial charge in [0.15, 0.2) is 0 Å². The Morgan fingerprint density at radius 1 is 0.767 bits per heavy atom. The smallest absolute Gasteiger partial charge is 0.221 e. The van der Waals surface area contributed by atoms with Crippen molar-refractivity contribution in [2.45, 2.75) is 30.1 Å². The number of hydrogen-bond donors (Lipinski definition) is 4. The van der Waals surface area contributed by atoms with Crippen molar-refractivity contribution in [2.24, 2.45) is 0 Å². The number of nitrogens with two attached hydrogens (primary N) is 4. The fourth-order valence-corrected chi connectivity index (χ4v) is 5.49. The van der Waals surface area contributed by atoms with Gasteiger partial charge in [0.05, 0.1) is 23.0 Å². The lowest BCUT2D eigenvalue weighted by molar-refractivity contribution is 0.320. The first-order chi connectivity index (χ1) is 20.6. The van der Waals surface area contributed by atoms with Crippen LogP contribution in [0.3, 0.4) is 0 Å². The Morgan fingerprint density at radius 2 is 1.26 bits per heavy atom. The fourth-order valence-electron chi connectivity index (χ4n) is 4.23. The first-order valence-corrected chi connectivity index (χ1v) is 15.0. The van der Waals surface area contributed by atoms with Crippen LogP contribution in [0.5, 0.6) is 11.5 Å². The summed E-state index contributed by atoms with van der Waals surface area (Å²) in [5.41, 5.74) is 26.3. The zero-order valence-corrected chi connectivity index (χ0v) is 24.8. The quantitative estimate of drug-likeness (QED) is 0.175. The normalized spacial score (nSPS) is 10.9. The van der Waals surface area contributed by atoms with Crippen molar-refractivity contribution in [2.75, 3.05) is 36.1 Å². The van der Waals surface area contributed by atoms with Gasteiger partial charge in [-0.05, 0) is 92.2 Å². The first kappa shape index (κ1) is 30.7. The topological polar surface area (TPSA) is 187 Å². The maximum Gasteiger partial charge on any atom is 0.221 e. The second-order valence-electron chi connectivity index (χ2n) is 9.35. The van der Waals surface area contributed by atoms with Gasteiger partial charge < -0.3 is 37.0 Å². The molecule has 0 saturated heterocycles. The van der Waals surface area contributed by atoms with E-state index >= 15 is 0 Å². The van der Waals surface area contributed by atoms with Crippen molar-refractivity contribution in [1.29, 1.82) is 0 Å². The van der Waals surface area contributed by atoms with Crippen molar-refractivity contribution in [3.63, 3.8) is 0 Å². The molecule has 0 aliphatic rings. The summed E-state index contributed by atoms with van der Waals surface area (Å²) in [6, 6.07) is 20.1. The maximum atomic E-state index is 12.2. The van der Waals surface area contributed by atoms with Gasteiger partial charge in [-0.15, -0.1) is 0 Å². The molecule has 2 aromatic heterocycles. The van der Waals surface area contributed by atoms with Crippen LogP contribution in [0, 0.1) is 0 Å². The maximum absolute atomic E-state index is 12.2. The van der Waals surface area contributed by atoms with Crippen molar-refractivity contribution < 1.29 is 17.9 Å². The number of anilines is 4. The van der Waals surface area contributed by atoms with Gasteiger partial charge in [-0.2, -0.15) is 4.98 Å². The molecule has 3 aromatic carbocycles. The zero-order chi connectivity index (χ0) is 31.0. The molecule has 8 N–H and O–H groups in total. The predicted octanol–water partition coefficient (Wildman–Crippen LogP) is 4.50. The summed E-state index contributed by atoms with van der Waals surface area (Å²) in [4.78, 5) is 8.49. The van der Waals surface area contributed by atoms with Crippen molar-refractivity contribution in [3.05, 3.63) is 103 Å². The molecule has 11 nitrogen and oxygen atoms in total. The molecule has 0 unspecified atom stereocenters. The van der Waals surface area contributed by atoms with Crippen LogP contribution in [0.25, 0.3) is 5.69 Å². The van der Waals surface area contributed by atoms with Gasteiger partial charge in [0.1, 0.15) is 23.0 Å². The highest BCUT2D eigenvalue weighted by Crippen LogP contribution is 2.36. The van der Waals surface area contributed by atoms with Crippen molar-refractivity contribution in [1.82, 2.24) is 14.5 Å². The van der Waals surface area contributed by atoms with E-state index in [0.29, 0.717) is 36.8 Å². The summed E-state index contributed by atoms with van der Waals surface area (Å²) >= 11 is 0. The minimum atomic E-state index is -3.48. The molecule has 12 heteroatoms. The fraction of sp³-hybridized carbons (Fsp3) is 0.161. The van der Waals surface area contributed by atoms with E-state index in [2.05, 4.69) is 9.97 Å². The van der Waals surface area contributed by atoms with E-state index in [1.54, 1.807) is 30.5 Å². The lowest BCUT2D eigenvalue weighted by Gasteiger charge is -2.18. The SMILES string of the molecule is CCOc1cc(Cc2cnc(N)nc2N)cc(OCC)c1-n1cccc1.Nc1ccc(S(=O)(=O)c2ccc(N)cc2)cc1. The summed E-state index contributed by atoms with van der Waals surface area (Å²) in [6.07, 6.45) is 6.13. The summed E-state index contributed by atoms with van der Waals surface area (Å²) in [5.74, 6) is 2.04. The molecular weight excluding hydrogens is 566 g/mol. The monoisotopic (exact) mass is 601 g/mol. The number of hydrogen-bond acceptors (Lipinski definition) is 10. The third-order valence-electron chi connectivity index (χ3n) is 6.25. The summed E-state index contributed by atoms with van der Waals surface area (Å²) < 4.78 is 38.1. The lowest BCUT2D eigenvalue weighted by atomic mass is 10.0. The molecule has 5 aromatic rings. The van der Waals surface area contributed by atoms with Crippen LogP contribution in [0.4, 0.5) is 23.1 Å². The molecule has 43 heavy (non-hydrogen) atoms. The molecule has 0 aliphatic carbocycles. The summed E-state index contributed by atoms with van der Waals surface area (Å²) in [7, 11) is -3.48. The predicted molar refractivity (Wildman–Crippen MR) is 169 cm³/mol. The lowest BCUT2D eigenvalue weighted by Crippen LogP contribution is -2.07. The van der Waals surface area contributed by atoms with Crippen LogP contribution in [-0.4, -0.2) is 36.2 Å². The number of ether oxygens (including phenoxy) is 2. The number of aromatic nitrogens is 3. The van der Waals surface area contributed by atoms with E-state index in [1.165, 1.54) is 24.3 Å². The van der Waals surface area contributed by atoms with E-state index in [4.69, 9.17) is 32.4 Å². The molecule has 0 aliphatic heterocycles. The highest BCUT2D eigenvalue weighted by molar-refractivity contribution is 7.91. The van der Waals surface area contributed by atoms with Gasteiger partial charge in [-0.1, -0.05) is 0 Å². The van der Waals surface area contributed by atoms with Crippen LogP contribution in [0.1, 0.15) is 25.0 Å². The summed E-state index contributed by atoms with van der Waals surface area (Å²) in [5, 5.41) is 0. The third kappa shape index (κ3) is 7.54. The molecule has 0 radical (unpaired) electrons. The number of benzene rings is 3. The Balaban J connectivity index is 0.000000215. The average molecular weight is 602 g/mol. The van der Waals surface area contributed by atoms with E-state index in [1.807, 2.05) is 55.1 Å². The van der Waals surface area contributed by atoms with Gasteiger partial charge in [-0.3, -0.25) is 0 Å². The highest BCUT2D eigenvalue weighted by atomic mass is 32.2. The second kappa shape index (κ2) is 13.6. The highest BCUT2D eigenvalue weighted by Gasteiger charge is 2.18. The second-order valence-corrected chi connectivity index (χ2v) is 11.3. The number of rotatable bonds is 9. The van der Waals surface area contributed by atoms with Crippen LogP contribution < -0.4 is 32.4 Å². The third-order valence-corrected chi connectivity index (χ3v) is 8.04. The molecule has 0 bridgehead atoms. The number of sulfone groups is 1. The van der Waals surface area contributed by atoms with Gasteiger partial charge in [0.2, 0.25) is 15.8 Å². The van der Waals surface area contributed by atoms with Crippen LogP contribution in [0.15, 0.2) is 101 Å². The minimum Gasteiger partial charge on any atom is -0.492 e. The van der Waals surface area contributed by atoms with Gasteiger partial charge in [0.25, 0.3) is 0 Å². The molecule has 0 spiro atoms. The van der Waals surface area contributed by atoms with Gasteiger partial charge >= 0.3 is 0 Å². The van der Waals surface area contributed by atoms with Crippen molar-refractivity contribution in [3.8, 4) is 17.2 Å². The standard InChI is InChI=1S/C19H23N5O2.C12H12N2O2S/c1-3-25-15-10-13(9-14-12-22-19(21)23-18(14)20)11-16(26-4-2)17(15)24-7-5-6-8-24;13-9-1-5-11(6-2-9)17(15,16)12-7-3-10(14)4-8-12/h5-8,10-12H,3-4,9H2,1-2H3,(H4,20,21,22,23);1-8H,13-14H2. The Kier molecular flexibility index (Phi) is 9.73.